The normalized spacial score (nSPS) is 33.7. The molecule has 4 nitrogen and oxygen atoms in total. The zero-order chi connectivity index (χ0) is 7.56. The summed E-state index contributed by atoms with van der Waals surface area (Å²) in [5, 5.41) is 13.3. The third-order valence-corrected chi connectivity index (χ3v) is 2.10. The second-order valence-corrected chi connectivity index (χ2v) is 3.06. The molecular formula is C5H10N2O2S. The van der Waals surface area contributed by atoms with Crippen molar-refractivity contribution < 1.29 is 4.92 Å². The Hall–Kier alpha value is -0.290. The molecule has 2 atom stereocenters. The van der Waals surface area contributed by atoms with Crippen molar-refractivity contribution in [3.63, 3.8) is 0 Å². The van der Waals surface area contributed by atoms with Gasteiger partial charge < -0.3 is 0 Å². The highest BCUT2D eigenvalue weighted by Crippen LogP contribution is 2.11. The van der Waals surface area contributed by atoms with E-state index in [1.54, 1.807) is 0 Å². The van der Waals surface area contributed by atoms with Crippen molar-refractivity contribution in [3.05, 3.63) is 10.1 Å². The molecule has 1 aliphatic rings. The van der Waals surface area contributed by atoms with E-state index in [0.29, 0.717) is 13.0 Å². The molecule has 0 radical (unpaired) electrons. The zero-order valence-corrected chi connectivity index (χ0v) is 6.38. The lowest BCUT2D eigenvalue weighted by atomic mass is 10.1. The highest BCUT2D eigenvalue weighted by Gasteiger charge is 2.25. The summed E-state index contributed by atoms with van der Waals surface area (Å²) >= 11 is 4.14. The van der Waals surface area contributed by atoms with Crippen LogP contribution in [0.3, 0.4) is 0 Å². The molecule has 1 aliphatic heterocycles. The summed E-state index contributed by atoms with van der Waals surface area (Å²) in [6, 6.07) is -0.400. The summed E-state index contributed by atoms with van der Waals surface area (Å²) in [6.07, 6.45) is 1.43. The van der Waals surface area contributed by atoms with Crippen LogP contribution in [-0.4, -0.2) is 22.9 Å². The van der Waals surface area contributed by atoms with Crippen molar-refractivity contribution in [3.8, 4) is 0 Å². The van der Waals surface area contributed by atoms with Crippen molar-refractivity contribution >= 4 is 12.6 Å². The first kappa shape index (κ1) is 7.81. The maximum absolute atomic E-state index is 10.2. The minimum absolute atomic E-state index is 0.149. The Kier molecular flexibility index (Phi) is 2.50. The first-order valence-corrected chi connectivity index (χ1v) is 3.76. The molecule has 1 saturated heterocycles. The van der Waals surface area contributed by atoms with E-state index < -0.39 is 6.04 Å². The van der Waals surface area contributed by atoms with Crippen LogP contribution in [-0.2, 0) is 0 Å². The summed E-state index contributed by atoms with van der Waals surface area (Å²) < 4.78 is 0. The van der Waals surface area contributed by atoms with Crippen LogP contribution < -0.4 is 5.32 Å². The zero-order valence-electron chi connectivity index (χ0n) is 5.49. The van der Waals surface area contributed by atoms with Crippen LogP contribution in [0.2, 0.25) is 0 Å². The molecule has 0 aromatic heterocycles. The number of thiol groups is 1. The van der Waals surface area contributed by atoms with Crippen LogP contribution in [0.1, 0.15) is 12.8 Å². The molecule has 10 heavy (non-hydrogen) atoms. The Labute approximate surface area is 64.6 Å². The summed E-state index contributed by atoms with van der Waals surface area (Å²) in [5.41, 5.74) is 0. The molecule has 0 aromatic rings. The molecule has 0 aromatic carbocycles. The van der Waals surface area contributed by atoms with Gasteiger partial charge in [0.1, 0.15) is 0 Å². The fourth-order valence-electron chi connectivity index (χ4n) is 1.01. The van der Waals surface area contributed by atoms with E-state index in [9.17, 15) is 10.1 Å². The van der Waals surface area contributed by atoms with Gasteiger partial charge in [0.15, 0.2) is 0 Å². The maximum Gasteiger partial charge on any atom is 0.225 e. The molecule has 58 valence electrons. The molecule has 0 spiro atoms. The fraction of sp³-hybridized carbons (Fsp3) is 1.00. The minimum Gasteiger partial charge on any atom is -0.299 e. The summed E-state index contributed by atoms with van der Waals surface area (Å²) in [6.45, 7) is 0.459. The Balaban J connectivity index is 2.33. The molecule has 1 N–H and O–H groups in total. The second-order valence-electron chi connectivity index (χ2n) is 2.44. The van der Waals surface area contributed by atoms with Gasteiger partial charge in [-0.2, -0.15) is 12.6 Å². The third kappa shape index (κ3) is 1.85. The summed E-state index contributed by atoms with van der Waals surface area (Å²) in [4.78, 5) is 9.97. The number of piperidine rings is 1. The van der Waals surface area contributed by atoms with Gasteiger partial charge >= 0.3 is 0 Å². The highest BCUT2D eigenvalue weighted by atomic mass is 32.1. The van der Waals surface area contributed by atoms with E-state index in [2.05, 4.69) is 17.9 Å². The number of nitrogens with zero attached hydrogens (tertiary/aromatic N) is 1. The van der Waals surface area contributed by atoms with Gasteiger partial charge in [0.25, 0.3) is 0 Å². The Morgan fingerprint density at radius 2 is 2.30 bits per heavy atom. The molecule has 0 bridgehead atoms. The van der Waals surface area contributed by atoms with Gasteiger partial charge in [-0.25, -0.2) is 0 Å². The molecule has 0 saturated carbocycles. The van der Waals surface area contributed by atoms with Gasteiger partial charge in [-0.05, 0) is 6.42 Å². The largest absolute Gasteiger partial charge is 0.299 e. The Bertz CT molecular complexity index is 134. The quantitative estimate of drug-likeness (QED) is 0.330. The Morgan fingerprint density at radius 3 is 2.70 bits per heavy atom. The van der Waals surface area contributed by atoms with Crippen molar-refractivity contribution in [2.45, 2.75) is 24.3 Å². The van der Waals surface area contributed by atoms with Gasteiger partial charge in [-0.3, -0.25) is 15.4 Å². The number of hydrogen-bond acceptors (Lipinski definition) is 4. The summed E-state index contributed by atoms with van der Waals surface area (Å²) in [7, 11) is 0. The van der Waals surface area contributed by atoms with E-state index in [-0.39, 0.29) is 10.3 Å². The van der Waals surface area contributed by atoms with Crippen LogP contribution in [0.4, 0.5) is 0 Å². The topological polar surface area (TPSA) is 55.2 Å². The lowest BCUT2D eigenvalue weighted by molar-refractivity contribution is -0.523. The average Bonchev–Trinajstić information content (AvgIpc) is 1.88. The lowest BCUT2D eigenvalue weighted by Gasteiger charge is -2.21. The predicted octanol–water partition coefficient (Wildman–Crippen LogP) is 0.271. The molecular weight excluding hydrogens is 152 g/mol. The lowest BCUT2D eigenvalue weighted by Crippen LogP contribution is -2.42. The standard InChI is InChI=1S/C5H10N2O2S/c8-7(9)4-1-2-5(10)6-3-4/h4-6,10H,1-3H2. The number of hydrogen-bond donors (Lipinski definition) is 2. The molecule has 1 heterocycles. The van der Waals surface area contributed by atoms with Gasteiger partial charge in [0, 0.05) is 11.3 Å². The molecule has 0 amide bonds. The van der Waals surface area contributed by atoms with E-state index in [1.165, 1.54) is 0 Å². The second kappa shape index (κ2) is 3.21. The van der Waals surface area contributed by atoms with Crippen molar-refractivity contribution in [2.24, 2.45) is 0 Å². The first-order chi connectivity index (χ1) is 4.70. The smallest absolute Gasteiger partial charge is 0.225 e. The third-order valence-electron chi connectivity index (χ3n) is 1.66. The monoisotopic (exact) mass is 162 g/mol. The minimum atomic E-state index is -0.400. The molecule has 0 aliphatic carbocycles. The fourth-order valence-corrected chi connectivity index (χ4v) is 1.26. The van der Waals surface area contributed by atoms with E-state index in [4.69, 9.17) is 0 Å². The van der Waals surface area contributed by atoms with Crippen LogP contribution in [0, 0.1) is 10.1 Å². The number of nitro groups is 1. The molecule has 2 unspecified atom stereocenters. The van der Waals surface area contributed by atoms with E-state index in [1.807, 2.05) is 0 Å². The van der Waals surface area contributed by atoms with Crippen molar-refractivity contribution in [1.82, 2.24) is 5.32 Å². The van der Waals surface area contributed by atoms with Gasteiger partial charge in [0.2, 0.25) is 6.04 Å². The number of nitrogens with one attached hydrogen (secondary N) is 1. The average molecular weight is 162 g/mol. The van der Waals surface area contributed by atoms with Crippen molar-refractivity contribution in [1.29, 1.82) is 0 Å². The predicted molar refractivity (Wildman–Crippen MR) is 40.8 cm³/mol. The van der Waals surface area contributed by atoms with Gasteiger partial charge in [0.05, 0.1) is 11.9 Å². The SMILES string of the molecule is O=[N+]([O-])C1CCC(S)NC1. The van der Waals surface area contributed by atoms with Crippen LogP contribution >= 0.6 is 12.6 Å². The molecule has 5 heteroatoms. The maximum atomic E-state index is 10.2. The van der Waals surface area contributed by atoms with Crippen LogP contribution in [0.5, 0.6) is 0 Å². The molecule has 1 fully saturated rings. The number of rotatable bonds is 1. The van der Waals surface area contributed by atoms with Crippen LogP contribution in [0.15, 0.2) is 0 Å². The van der Waals surface area contributed by atoms with Gasteiger partial charge in [-0.15, -0.1) is 0 Å². The molecule has 1 rings (SSSR count). The highest BCUT2D eigenvalue weighted by molar-refractivity contribution is 7.80. The van der Waals surface area contributed by atoms with Crippen molar-refractivity contribution in [2.75, 3.05) is 6.54 Å². The van der Waals surface area contributed by atoms with Gasteiger partial charge in [-0.1, -0.05) is 0 Å². The van der Waals surface area contributed by atoms with E-state index >= 15 is 0 Å². The first-order valence-electron chi connectivity index (χ1n) is 3.25. The van der Waals surface area contributed by atoms with Crippen LogP contribution in [0.25, 0.3) is 0 Å². The van der Waals surface area contributed by atoms with E-state index in [0.717, 1.165) is 6.42 Å². The summed E-state index contributed by atoms with van der Waals surface area (Å²) in [5.74, 6) is 0. The Morgan fingerprint density at radius 1 is 1.60 bits per heavy atom.